The minimum absolute atomic E-state index is 0.432. The zero-order valence-electron chi connectivity index (χ0n) is 9.43. The molecule has 0 saturated carbocycles. The van der Waals surface area contributed by atoms with E-state index in [1.807, 2.05) is 4.68 Å². The molecule has 3 rings (SSSR count). The fraction of sp³-hybridized carbons (Fsp3) is 0.727. The first-order valence-electron chi connectivity index (χ1n) is 5.87. The predicted octanol–water partition coefficient (Wildman–Crippen LogP) is 1.92. The van der Waals surface area contributed by atoms with E-state index in [1.165, 1.54) is 12.8 Å². The van der Waals surface area contributed by atoms with Gasteiger partial charge < -0.3 is 10.6 Å². The molecule has 0 radical (unpaired) electrons. The second-order valence-corrected chi connectivity index (χ2v) is 5.41. The van der Waals surface area contributed by atoms with Gasteiger partial charge in [0.2, 0.25) is 0 Å². The monoisotopic (exact) mass is 240 g/mol. The summed E-state index contributed by atoms with van der Waals surface area (Å²) < 4.78 is 1.92. The van der Waals surface area contributed by atoms with Crippen LogP contribution in [0.25, 0.3) is 0 Å². The Labute approximate surface area is 100 Å². The van der Waals surface area contributed by atoms with Gasteiger partial charge in [-0.1, -0.05) is 11.6 Å². The van der Waals surface area contributed by atoms with Gasteiger partial charge in [0, 0.05) is 12.1 Å². The molecule has 88 valence electrons. The molecule has 2 N–H and O–H groups in total. The molecule has 2 bridgehead atoms. The van der Waals surface area contributed by atoms with E-state index in [0.717, 1.165) is 12.8 Å². The Morgan fingerprint density at radius 1 is 1.31 bits per heavy atom. The summed E-state index contributed by atoms with van der Waals surface area (Å²) in [5.74, 6) is 0.621. The molecule has 0 aliphatic carbocycles. The molecule has 2 unspecified atom stereocenters. The predicted molar refractivity (Wildman–Crippen MR) is 64.5 cm³/mol. The van der Waals surface area contributed by atoms with Crippen molar-refractivity contribution < 1.29 is 0 Å². The van der Waals surface area contributed by atoms with Crippen molar-refractivity contribution in [2.75, 3.05) is 12.8 Å². The van der Waals surface area contributed by atoms with E-state index in [0.29, 0.717) is 29.0 Å². The Bertz CT molecular complexity index is 389. The molecule has 2 saturated heterocycles. The number of nitrogens with two attached hydrogens (primary N) is 1. The van der Waals surface area contributed by atoms with Gasteiger partial charge in [-0.05, 0) is 32.7 Å². The zero-order valence-corrected chi connectivity index (χ0v) is 10.2. The number of nitrogen functional groups attached to an aromatic ring is 1. The minimum atomic E-state index is 0.432. The molecule has 2 aliphatic heterocycles. The third-order valence-corrected chi connectivity index (χ3v) is 4.50. The van der Waals surface area contributed by atoms with Crippen molar-refractivity contribution >= 4 is 17.4 Å². The highest BCUT2D eigenvalue weighted by molar-refractivity contribution is 6.32. The van der Waals surface area contributed by atoms with Crippen LogP contribution in [-0.4, -0.2) is 33.8 Å². The van der Waals surface area contributed by atoms with Gasteiger partial charge in [-0.3, -0.25) is 0 Å². The van der Waals surface area contributed by atoms with Crippen molar-refractivity contribution in [1.29, 1.82) is 0 Å². The molecule has 1 aromatic rings. The van der Waals surface area contributed by atoms with Crippen LogP contribution in [0.15, 0.2) is 6.20 Å². The fourth-order valence-corrected chi connectivity index (χ4v) is 3.35. The molecule has 3 heterocycles. The molecular formula is C11H17ClN4. The van der Waals surface area contributed by atoms with Crippen LogP contribution in [-0.2, 0) is 0 Å². The number of nitrogens with zero attached hydrogens (tertiary/aromatic N) is 3. The van der Waals surface area contributed by atoms with Crippen LogP contribution in [0.5, 0.6) is 0 Å². The quantitative estimate of drug-likeness (QED) is 0.816. The Balaban J connectivity index is 1.85. The average molecular weight is 241 g/mol. The Kier molecular flexibility index (Phi) is 2.37. The van der Waals surface area contributed by atoms with E-state index in [1.54, 1.807) is 6.20 Å². The molecule has 0 amide bonds. The van der Waals surface area contributed by atoms with Crippen molar-refractivity contribution in [3.8, 4) is 0 Å². The molecule has 4 nitrogen and oxygen atoms in total. The zero-order chi connectivity index (χ0) is 11.3. The number of halogens is 1. The number of fused-ring (bicyclic) bond motifs is 2. The summed E-state index contributed by atoms with van der Waals surface area (Å²) in [5.41, 5.74) is 5.93. The number of anilines is 1. The van der Waals surface area contributed by atoms with Crippen LogP contribution in [0.2, 0.25) is 5.02 Å². The van der Waals surface area contributed by atoms with E-state index < -0.39 is 0 Å². The summed E-state index contributed by atoms with van der Waals surface area (Å²) in [6, 6.07) is 1.83. The summed E-state index contributed by atoms with van der Waals surface area (Å²) in [4.78, 5) is 2.51. The maximum absolute atomic E-state index is 5.95. The van der Waals surface area contributed by atoms with E-state index in [2.05, 4.69) is 17.0 Å². The molecule has 2 fully saturated rings. The smallest absolute Gasteiger partial charge is 0.140 e. The lowest BCUT2D eigenvalue weighted by atomic mass is 9.98. The maximum atomic E-state index is 5.95. The topological polar surface area (TPSA) is 47.1 Å². The standard InChI is InChI=1S/C11H17ClN4/c1-15-7-2-3-8(15)5-9(4-7)16-11(13)10(12)6-14-16/h6-9H,2-5,13H2,1H3. The van der Waals surface area contributed by atoms with E-state index in [-0.39, 0.29) is 0 Å². The van der Waals surface area contributed by atoms with Crippen LogP contribution < -0.4 is 5.73 Å². The number of rotatable bonds is 1. The first-order chi connectivity index (χ1) is 7.66. The molecule has 2 atom stereocenters. The summed E-state index contributed by atoms with van der Waals surface area (Å²) >= 11 is 5.95. The normalized spacial score (nSPS) is 34.5. The highest BCUT2D eigenvalue weighted by Gasteiger charge is 2.39. The third kappa shape index (κ3) is 1.44. The highest BCUT2D eigenvalue weighted by atomic mass is 35.5. The fourth-order valence-electron chi connectivity index (χ4n) is 3.22. The maximum Gasteiger partial charge on any atom is 0.140 e. The Hall–Kier alpha value is -0.740. The van der Waals surface area contributed by atoms with Crippen LogP contribution in [0.3, 0.4) is 0 Å². The van der Waals surface area contributed by atoms with Gasteiger partial charge in [0.1, 0.15) is 10.8 Å². The van der Waals surface area contributed by atoms with Gasteiger partial charge in [-0.25, -0.2) is 4.68 Å². The molecule has 16 heavy (non-hydrogen) atoms. The van der Waals surface area contributed by atoms with Crippen LogP contribution in [0, 0.1) is 0 Å². The van der Waals surface area contributed by atoms with Gasteiger partial charge >= 0.3 is 0 Å². The minimum Gasteiger partial charge on any atom is -0.383 e. The lowest BCUT2D eigenvalue weighted by Gasteiger charge is -2.36. The van der Waals surface area contributed by atoms with Crippen LogP contribution >= 0.6 is 11.6 Å². The summed E-state index contributed by atoms with van der Waals surface area (Å²) in [6.07, 6.45) is 6.57. The van der Waals surface area contributed by atoms with Crippen molar-refractivity contribution in [3.05, 3.63) is 11.2 Å². The SMILES string of the molecule is CN1C2CCC1CC(n1ncc(Cl)c1N)C2. The van der Waals surface area contributed by atoms with Gasteiger partial charge in [-0.2, -0.15) is 5.10 Å². The molecule has 2 aliphatic rings. The molecule has 0 aromatic carbocycles. The summed E-state index contributed by atoms with van der Waals surface area (Å²) in [7, 11) is 2.23. The number of piperidine rings is 1. The highest BCUT2D eigenvalue weighted by Crippen LogP contribution is 2.40. The molecule has 0 spiro atoms. The van der Waals surface area contributed by atoms with E-state index >= 15 is 0 Å². The van der Waals surface area contributed by atoms with Gasteiger partial charge in [0.05, 0.1) is 12.2 Å². The van der Waals surface area contributed by atoms with Crippen LogP contribution in [0.4, 0.5) is 5.82 Å². The number of hydrogen-bond acceptors (Lipinski definition) is 3. The summed E-state index contributed by atoms with van der Waals surface area (Å²) in [6.45, 7) is 0. The lowest BCUT2D eigenvalue weighted by Crippen LogP contribution is -2.40. The lowest BCUT2D eigenvalue weighted by molar-refractivity contribution is 0.132. The summed E-state index contributed by atoms with van der Waals surface area (Å²) in [5, 5.41) is 4.88. The van der Waals surface area contributed by atoms with E-state index in [9.17, 15) is 0 Å². The van der Waals surface area contributed by atoms with Crippen LogP contribution in [0.1, 0.15) is 31.7 Å². The third-order valence-electron chi connectivity index (χ3n) is 4.21. The van der Waals surface area contributed by atoms with Crippen molar-refractivity contribution in [2.45, 2.75) is 43.8 Å². The van der Waals surface area contributed by atoms with Crippen molar-refractivity contribution in [3.63, 3.8) is 0 Å². The Morgan fingerprint density at radius 2 is 1.94 bits per heavy atom. The van der Waals surface area contributed by atoms with Crippen molar-refractivity contribution in [1.82, 2.24) is 14.7 Å². The van der Waals surface area contributed by atoms with E-state index in [4.69, 9.17) is 17.3 Å². The van der Waals surface area contributed by atoms with Gasteiger partial charge in [0.15, 0.2) is 0 Å². The largest absolute Gasteiger partial charge is 0.383 e. The average Bonchev–Trinajstić information content (AvgIpc) is 2.68. The number of hydrogen-bond donors (Lipinski definition) is 1. The van der Waals surface area contributed by atoms with Gasteiger partial charge in [0.25, 0.3) is 0 Å². The molecule has 1 aromatic heterocycles. The Morgan fingerprint density at radius 3 is 2.44 bits per heavy atom. The molecule has 5 heteroatoms. The second-order valence-electron chi connectivity index (χ2n) is 5.00. The number of aromatic nitrogens is 2. The van der Waals surface area contributed by atoms with Crippen molar-refractivity contribution in [2.24, 2.45) is 0 Å². The van der Waals surface area contributed by atoms with Gasteiger partial charge in [-0.15, -0.1) is 0 Å². The first-order valence-corrected chi connectivity index (χ1v) is 6.25. The molecular weight excluding hydrogens is 224 g/mol. The second kappa shape index (κ2) is 3.64. The first kappa shape index (κ1) is 10.4.